The molecule has 1 aliphatic carbocycles. The van der Waals surface area contributed by atoms with Crippen LogP contribution in [0.2, 0.25) is 0 Å². The van der Waals surface area contributed by atoms with Crippen LogP contribution in [0.5, 0.6) is 0 Å². The summed E-state index contributed by atoms with van der Waals surface area (Å²) in [6.45, 7) is 2.59. The quantitative estimate of drug-likeness (QED) is 0.848. The zero-order valence-electron chi connectivity index (χ0n) is 13.3. The molecule has 1 aromatic heterocycles. The Morgan fingerprint density at radius 2 is 2.00 bits per heavy atom. The first-order chi connectivity index (χ1) is 10.1. The van der Waals surface area contributed by atoms with Crippen molar-refractivity contribution >= 4 is 17.2 Å². The molecule has 4 nitrogen and oxygen atoms in total. The number of amides is 1. The van der Waals surface area contributed by atoms with Crippen LogP contribution in [0.15, 0.2) is 17.5 Å². The van der Waals surface area contributed by atoms with Gasteiger partial charge in [-0.1, -0.05) is 6.07 Å². The highest BCUT2D eigenvalue weighted by Gasteiger charge is 2.23. The van der Waals surface area contributed by atoms with Crippen molar-refractivity contribution < 1.29 is 4.79 Å². The Labute approximate surface area is 131 Å². The molecule has 0 aliphatic heterocycles. The Kier molecular flexibility index (Phi) is 6.21. The molecule has 0 aromatic carbocycles. The molecular weight excluding hydrogens is 282 g/mol. The van der Waals surface area contributed by atoms with Gasteiger partial charge in [0.05, 0.1) is 6.04 Å². The van der Waals surface area contributed by atoms with Crippen LogP contribution < -0.4 is 10.6 Å². The molecule has 118 valence electrons. The second-order valence-corrected chi connectivity index (χ2v) is 7.13. The first-order valence-electron chi connectivity index (χ1n) is 7.76. The van der Waals surface area contributed by atoms with Crippen molar-refractivity contribution in [2.24, 2.45) is 0 Å². The van der Waals surface area contributed by atoms with E-state index in [1.165, 1.54) is 4.88 Å². The molecule has 5 heteroatoms. The van der Waals surface area contributed by atoms with Gasteiger partial charge in [0.1, 0.15) is 0 Å². The SMILES string of the molecule is CC(=O)NC1CCC(NC[C@H](c2cccs2)N(C)C)CC1. The van der Waals surface area contributed by atoms with E-state index in [0.717, 1.165) is 32.2 Å². The number of thiophene rings is 1. The minimum Gasteiger partial charge on any atom is -0.354 e. The van der Waals surface area contributed by atoms with Crippen molar-refractivity contribution in [3.8, 4) is 0 Å². The lowest BCUT2D eigenvalue weighted by Gasteiger charge is -2.32. The van der Waals surface area contributed by atoms with E-state index in [9.17, 15) is 4.79 Å². The molecule has 21 heavy (non-hydrogen) atoms. The maximum Gasteiger partial charge on any atom is 0.217 e. The summed E-state index contributed by atoms with van der Waals surface area (Å²) in [5.41, 5.74) is 0. The van der Waals surface area contributed by atoms with Crippen LogP contribution in [-0.2, 0) is 4.79 Å². The van der Waals surface area contributed by atoms with Crippen LogP contribution in [0, 0.1) is 0 Å². The van der Waals surface area contributed by atoms with Gasteiger partial charge in [-0.25, -0.2) is 0 Å². The number of carbonyl (C=O) groups is 1. The average molecular weight is 309 g/mol. The number of hydrogen-bond acceptors (Lipinski definition) is 4. The van der Waals surface area contributed by atoms with Crippen LogP contribution in [0.3, 0.4) is 0 Å². The van der Waals surface area contributed by atoms with Crippen LogP contribution in [0.1, 0.15) is 43.5 Å². The van der Waals surface area contributed by atoms with E-state index in [1.54, 1.807) is 6.92 Å². The summed E-state index contributed by atoms with van der Waals surface area (Å²) in [6, 6.07) is 5.73. The smallest absolute Gasteiger partial charge is 0.217 e. The summed E-state index contributed by atoms with van der Waals surface area (Å²) in [5, 5.41) is 8.90. The monoisotopic (exact) mass is 309 g/mol. The molecule has 0 radical (unpaired) electrons. The highest BCUT2D eigenvalue weighted by atomic mass is 32.1. The number of nitrogens with one attached hydrogen (secondary N) is 2. The topological polar surface area (TPSA) is 44.4 Å². The van der Waals surface area contributed by atoms with E-state index in [-0.39, 0.29) is 5.91 Å². The number of hydrogen-bond donors (Lipinski definition) is 2. The maximum atomic E-state index is 11.1. The Hall–Kier alpha value is -0.910. The van der Waals surface area contributed by atoms with Crippen molar-refractivity contribution in [2.45, 2.75) is 50.7 Å². The molecule has 1 saturated carbocycles. The van der Waals surface area contributed by atoms with Crippen molar-refractivity contribution in [1.29, 1.82) is 0 Å². The van der Waals surface area contributed by atoms with E-state index < -0.39 is 0 Å². The lowest BCUT2D eigenvalue weighted by Crippen LogP contribution is -2.43. The summed E-state index contributed by atoms with van der Waals surface area (Å²) in [4.78, 5) is 14.8. The molecule has 0 bridgehead atoms. The third-order valence-electron chi connectivity index (χ3n) is 4.23. The lowest BCUT2D eigenvalue weighted by atomic mass is 9.91. The van der Waals surface area contributed by atoms with Gasteiger partial charge < -0.3 is 15.5 Å². The standard InChI is InChI=1S/C16H27N3OS/c1-12(20)18-14-8-6-13(7-9-14)17-11-15(19(2)3)16-5-4-10-21-16/h4-5,10,13-15,17H,6-9,11H2,1-3H3,(H,18,20)/t13?,14?,15-/m1/s1. The molecule has 0 spiro atoms. The highest BCUT2D eigenvalue weighted by molar-refractivity contribution is 7.10. The third-order valence-corrected chi connectivity index (χ3v) is 5.20. The van der Waals surface area contributed by atoms with E-state index in [2.05, 4.69) is 47.1 Å². The van der Waals surface area contributed by atoms with Crippen LogP contribution >= 0.6 is 11.3 Å². The summed E-state index contributed by atoms with van der Waals surface area (Å²) < 4.78 is 0. The first kappa shape index (κ1) is 16.5. The van der Waals surface area contributed by atoms with Gasteiger partial charge >= 0.3 is 0 Å². The van der Waals surface area contributed by atoms with Gasteiger partial charge in [-0.3, -0.25) is 4.79 Å². The van der Waals surface area contributed by atoms with Crippen LogP contribution in [0.4, 0.5) is 0 Å². The lowest BCUT2D eigenvalue weighted by molar-refractivity contribution is -0.119. The molecule has 0 unspecified atom stereocenters. The van der Waals surface area contributed by atoms with Gasteiger partial charge in [-0.15, -0.1) is 11.3 Å². The minimum absolute atomic E-state index is 0.0942. The molecule has 1 amide bonds. The molecule has 2 rings (SSSR count). The Bertz CT molecular complexity index is 425. The Balaban J connectivity index is 1.77. The normalized spacial score (nSPS) is 24.0. The summed E-state index contributed by atoms with van der Waals surface area (Å²) in [5.74, 6) is 0.0942. The highest BCUT2D eigenvalue weighted by Crippen LogP contribution is 2.24. The molecule has 1 atom stereocenters. The summed E-state index contributed by atoms with van der Waals surface area (Å²) in [7, 11) is 4.28. The van der Waals surface area contributed by atoms with Gasteiger partial charge in [0, 0.05) is 30.4 Å². The van der Waals surface area contributed by atoms with Crippen molar-refractivity contribution in [3.63, 3.8) is 0 Å². The molecule has 1 fully saturated rings. The summed E-state index contributed by atoms with van der Waals surface area (Å²) in [6.07, 6.45) is 4.47. The number of nitrogens with zero attached hydrogens (tertiary/aromatic N) is 1. The van der Waals surface area contributed by atoms with Gasteiger partial charge in [-0.2, -0.15) is 0 Å². The molecule has 1 aliphatic rings. The van der Waals surface area contributed by atoms with Gasteiger partial charge in [-0.05, 0) is 51.2 Å². The Morgan fingerprint density at radius 1 is 1.33 bits per heavy atom. The molecule has 1 heterocycles. The van der Waals surface area contributed by atoms with Crippen LogP contribution in [-0.4, -0.2) is 43.5 Å². The fourth-order valence-electron chi connectivity index (χ4n) is 3.03. The zero-order valence-corrected chi connectivity index (χ0v) is 14.1. The molecule has 2 N–H and O–H groups in total. The zero-order chi connectivity index (χ0) is 15.2. The second-order valence-electron chi connectivity index (χ2n) is 6.15. The molecule has 1 aromatic rings. The number of rotatable bonds is 6. The van der Waals surface area contributed by atoms with Crippen molar-refractivity contribution in [1.82, 2.24) is 15.5 Å². The average Bonchev–Trinajstić information content (AvgIpc) is 2.94. The van der Waals surface area contributed by atoms with Gasteiger partial charge in [0.25, 0.3) is 0 Å². The molecular formula is C16H27N3OS. The fourth-order valence-corrected chi connectivity index (χ4v) is 3.95. The van der Waals surface area contributed by atoms with Gasteiger partial charge in [0.2, 0.25) is 5.91 Å². The van der Waals surface area contributed by atoms with Gasteiger partial charge in [0.15, 0.2) is 0 Å². The summed E-state index contributed by atoms with van der Waals surface area (Å²) >= 11 is 1.82. The maximum absolute atomic E-state index is 11.1. The number of carbonyl (C=O) groups excluding carboxylic acids is 1. The van der Waals surface area contributed by atoms with E-state index in [1.807, 2.05) is 11.3 Å². The molecule has 0 saturated heterocycles. The first-order valence-corrected chi connectivity index (χ1v) is 8.64. The largest absolute Gasteiger partial charge is 0.354 e. The van der Waals surface area contributed by atoms with E-state index in [4.69, 9.17) is 0 Å². The Morgan fingerprint density at radius 3 is 2.52 bits per heavy atom. The predicted octanol–water partition coefficient (Wildman–Crippen LogP) is 2.39. The fraction of sp³-hybridized carbons (Fsp3) is 0.688. The van der Waals surface area contributed by atoms with Crippen LogP contribution in [0.25, 0.3) is 0 Å². The van der Waals surface area contributed by atoms with E-state index >= 15 is 0 Å². The van der Waals surface area contributed by atoms with Crippen molar-refractivity contribution in [2.75, 3.05) is 20.6 Å². The van der Waals surface area contributed by atoms with E-state index in [0.29, 0.717) is 18.1 Å². The third kappa shape index (κ3) is 5.09. The second kappa shape index (κ2) is 7.92. The number of likely N-dealkylation sites (N-methyl/N-ethyl adjacent to an activating group) is 1. The predicted molar refractivity (Wildman–Crippen MR) is 88.6 cm³/mol. The minimum atomic E-state index is 0.0942. The van der Waals surface area contributed by atoms with Crippen molar-refractivity contribution in [3.05, 3.63) is 22.4 Å².